The van der Waals surface area contributed by atoms with E-state index in [4.69, 9.17) is 0 Å². The minimum atomic E-state index is -0.478. The van der Waals surface area contributed by atoms with Gasteiger partial charge in [-0.15, -0.1) is 0 Å². The Morgan fingerprint density at radius 2 is 2.50 bits per heavy atom. The minimum Gasteiger partial charge on any atom is -0.359 e. The van der Waals surface area contributed by atoms with Gasteiger partial charge < -0.3 is 20.7 Å². The molecule has 2 rings (SSSR count). The van der Waals surface area contributed by atoms with Gasteiger partial charge in [0.25, 0.3) is 0 Å². The van der Waals surface area contributed by atoms with Crippen molar-refractivity contribution in [1.82, 2.24) is 14.9 Å². The molecule has 1 aromatic heterocycles. The molecule has 0 bridgehead atoms. The van der Waals surface area contributed by atoms with Crippen molar-refractivity contribution in [2.24, 2.45) is 7.05 Å². The molecule has 1 aliphatic heterocycles. The number of nitro groups is 1. The molecule has 0 spiro atoms. The molecular weight excluding hydrogens is 186 g/mol. The summed E-state index contributed by atoms with van der Waals surface area (Å²) in [7, 11) is 1.73. The standard InChI is InChI=1S/C7H11N5O2/c1-11-4-9-6(12(13)14)7(11)10-5-2-8-3-5/h4-5,8,10H,2-3H2,1H3. The summed E-state index contributed by atoms with van der Waals surface area (Å²) in [6, 6.07) is 0.268. The first-order valence-corrected chi connectivity index (χ1v) is 4.31. The van der Waals surface area contributed by atoms with E-state index in [-0.39, 0.29) is 11.9 Å². The molecule has 0 unspecified atom stereocenters. The van der Waals surface area contributed by atoms with E-state index >= 15 is 0 Å². The fraction of sp³-hybridized carbons (Fsp3) is 0.571. The van der Waals surface area contributed by atoms with Crippen LogP contribution in [-0.2, 0) is 7.05 Å². The Labute approximate surface area is 80.3 Å². The van der Waals surface area contributed by atoms with Crippen LogP contribution in [0.2, 0.25) is 0 Å². The Balaban J connectivity index is 2.20. The second kappa shape index (κ2) is 3.26. The van der Waals surface area contributed by atoms with Crippen molar-refractivity contribution in [1.29, 1.82) is 0 Å². The number of imidazole rings is 1. The van der Waals surface area contributed by atoms with E-state index in [1.165, 1.54) is 6.33 Å². The normalized spacial score (nSPS) is 16.4. The quantitative estimate of drug-likeness (QED) is 0.514. The van der Waals surface area contributed by atoms with Gasteiger partial charge >= 0.3 is 5.82 Å². The largest absolute Gasteiger partial charge is 0.406 e. The molecule has 0 saturated carbocycles. The van der Waals surface area contributed by atoms with Crippen molar-refractivity contribution in [3.63, 3.8) is 0 Å². The van der Waals surface area contributed by atoms with Gasteiger partial charge in [-0.05, 0) is 9.91 Å². The molecule has 0 atom stereocenters. The van der Waals surface area contributed by atoms with Crippen molar-refractivity contribution in [2.45, 2.75) is 6.04 Å². The molecule has 0 amide bonds. The number of hydrogen-bond acceptors (Lipinski definition) is 5. The zero-order valence-corrected chi connectivity index (χ0v) is 7.73. The summed E-state index contributed by atoms with van der Waals surface area (Å²) in [4.78, 5) is 13.8. The van der Waals surface area contributed by atoms with Crippen molar-refractivity contribution >= 4 is 11.6 Å². The number of aromatic nitrogens is 2. The molecule has 7 heteroatoms. The summed E-state index contributed by atoms with van der Waals surface area (Å²) in [5.41, 5.74) is 0. The average molecular weight is 197 g/mol. The molecule has 1 fully saturated rings. The molecule has 7 nitrogen and oxygen atoms in total. The van der Waals surface area contributed by atoms with Gasteiger partial charge in [-0.2, -0.15) is 0 Å². The van der Waals surface area contributed by atoms with Crippen LogP contribution in [0.25, 0.3) is 0 Å². The van der Waals surface area contributed by atoms with E-state index in [1.807, 2.05) is 0 Å². The van der Waals surface area contributed by atoms with Crippen LogP contribution in [0.3, 0.4) is 0 Å². The van der Waals surface area contributed by atoms with Crippen LogP contribution in [0.5, 0.6) is 0 Å². The van der Waals surface area contributed by atoms with Gasteiger partial charge in [0.15, 0.2) is 0 Å². The van der Waals surface area contributed by atoms with E-state index < -0.39 is 4.92 Å². The minimum absolute atomic E-state index is 0.112. The van der Waals surface area contributed by atoms with Gasteiger partial charge in [0.1, 0.15) is 0 Å². The molecule has 76 valence electrons. The maximum Gasteiger partial charge on any atom is 0.406 e. The third-order valence-electron chi connectivity index (χ3n) is 2.21. The van der Waals surface area contributed by atoms with Crippen LogP contribution in [0.1, 0.15) is 0 Å². The maximum atomic E-state index is 10.6. The summed E-state index contributed by atoms with van der Waals surface area (Å²) in [6.07, 6.45) is 1.44. The summed E-state index contributed by atoms with van der Waals surface area (Å²) >= 11 is 0. The number of nitrogens with zero attached hydrogens (tertiary/aromatic N) is 3. The summed E-state index contributed by atoms with van der Waals surface area (Å²) in [5.74, 6) is 0.362. The van der Waals surface area contributed by atoms with E-state index in [1.54, 1.807) is 11.6 Å². The lowest BCUT2D eigenvalue weighted by Gasteiger charge is -2.28. The highest BCUT2D eigenvalue weighted by atomic mass is 16.6. The molecule has 1 saturated heterocycles. The van der Waals surface area contributed by atoms with Crippen molar-refractivity contribution in [3.8, 4) is 0 Å². The van der Waals surface area contributed by atoms with Gasteiger partial charge in [-0.3, -0.25) is 4.57 Å². The Morgan fingerprint density at radius 1 is 1.79 bits per heavy atom. The molecule has 2 N–H and O–H groups in total. The van der Waals surface area contributed by atoms with Gasteiger partial charge in [0.05, 0.1) is 6.04 Å². The Morgan fingerprint density at radius 3 is 3.00 bits per heavy atom. The Kier molecular flexibility index (Phi) is 2.08. The van der Waals surface area contributed by atoms with Crippen LogP contribution in [0.15, 0.2) is 6.33 Å². The number of rotatable bonds is 3. The van der Waals surface area contributed by atoms with E-state index in [0.29, 0.717) is 5.82 Å². The number of nitrogens with one attached hydrogen (secondary N) is 2. The fourth-order valence-electron chi connectivity index (χ4n) is 1.30. The van der Waals surface area contributed by atoms with Crippen molar-refractivity contribution < 1.29 is 4.92 Å². The molecule has 1 aromatic rings. The average Bonchev–Trinajstić information content (AvgIpc) is 2.40. The lowest BCUT2D eigenvalue weighted by molar-refractivity contribution is -0.388. The molecule has 2 heterocycles. The SMILES string of the molecule is Cn1cnc([N+](=O)[O-])c1NC1CNC1. The molecular formula is C7H11N5O2. The Hall–Kier alpha value is -1.63. The van der Waals surface area contributed by atoms with E-state index in [9.17, 15) is 10.1 Å². The third-order valence-corrected chi connectivity index (χ3v) is 2.21. The highest BCUT2D eigenvalue weighted by molar-refractivity contribution is 5.53. The zero-order chi connectivity index (χ0) is 10.1. The molecule has 0 aliphatic carbocycles. The van der Waals surface area contributed by atoms with Crippen molar-refractivity contribution in [2.75, 3.05) is 18.4 Å². The first kappa shape index (κ1) is 8.95. The van der Waals surface area contributed by atoms with Gasteiger partial charge in [0.2, 0.25) is 12.1 Å². The Bertz CT molecular complexity index is 357. The van der Waals surface area contributed by atoms with Crippen LogP contribution >= 0.6 is 0 Å². The lowest BCUT2D eigenvalue weighted by Crippen LogP contribution is -2.51. The third kappa shape index (κ3) is 1.41. The van der Waals surface area contributed by atoms with E-state index in [2.05, 4.69) is 15.6 Å². The fourth-order valence-corrected chi connectivity index (χ4v) is 1.30. The van der Waals surface area contributed by atoms with Crippen LogP contribution < -0.4 is 10.6 Å². The molecule has 0 aromatic carbocycles. The first-order valence-electron chi connectivity index (χ1n) is 4.31. The maximum absolute atomic E-state index is 10.6. The lowest BCUT2D eigenvalue weighted by atomic mass is 10.2. The molecule has 1 aliphatic rings. The van der Waals surface area contributed by atoms with Crippen molar-refractivity contribution in [3.05, 3.63) is 16.4 Å². The second-order valence-corrected chi connectivity index (χ2v) is 3.28. The van der Waals surface area contributed by atoms with Crippen LogP contribution in [0.4, 0.5) is 11.6 Å². The van der Waals surface area contributed by atoms with Gasteiger partial charge in [-0.1, -0.05) is 0 Å². The monoisotopic (exact) mass is 197 g/mol. The highest BCUT2D eigenvalue weighted by Gasteiger charge is 2.25. The summed E-state index contributed by atoms with van der Waals surface area (Å²) in [6.45, 7) is 1.67. The predicted octanol–water partition coefficient (Wildman–Crippen LogP) is -0.288. The second-order valence-electron chi connectivity index (χ2n) is 3.28. The predicted molar refractivity (Wildman–Crippen MR) is 50.1 cm³/mol. The zero-order valence-electron chi connectivity index (χ0n) is 7.73. The molecule has 0 radical (unpaired) electrons. The van der Waals surface area contributed by atoms with E-state index in [0.717, 1.165) is 13.1 Å². The van der Waals surface area contributed by atoms with Crippen LogP contribution in [0, 0.1) is 10.1 Å². The first-order chi connectivity index (χ1) is 6.68. The highest BCUT2D eigenvalue weighted by Crippen LogP contribution is 2.22. The summed E-state index contributed by atoms with van der Waals surface area (Å²) in [5, 5.41) is 16.7. The topological polar surface area (TPSA) is 85.0 Å². The van der Waals surface area contributed by atoms with Crippen LogP contribution in [-0.4, -0.2) is 33.6 Å². The number of aryl methyl sites for hydroxylation is 1. The smallest absolute Gasteiger partial charge is 0.359 e. The van der Waals surface area contributed by atoms with Gasteiger partial charge in [-0.25, -0.2) is 0 Å². The summed E-state index contributed by atoms with van der Waals surface area (Å²) < 4.78 is 1.62. The number of hydrogen-bond donors (Lipinski definition) is 2. The van der Waals surface area contributed by atoms with Gasteiger partial charge in [0, 0.05) is 20.1 Å². The molecule has 14 heavy (non-hydrogen) atoms. The number of anilines is 1.